The van der Waals surface area contributed by atoms with Crippen LogP contribution in [0.5, 0.6) is 11.6 Å². The van der Waals surface area contributed by atoms with E-state index in [0.29, 0.717) is 23.1 Å². The molecule has 168 valence electrons. The Kier molecular flexibility index (Phi) is 6.08. The number of benzene rings is 2. The highest BCUT2D eigenvalue weighted by Crippen LogP contribution is 2.24. The predicted molar refractivity (Wildman–Crippen MR) is 128 cm³/mol. The van der Waals surface area contributed by atoms with E-state index in [1.165, 1.54) is 6.33 Å². The van der Waals surface area contributed by atoms with Crippen molar-refractivity contribution in [2.24, 2.45) is 0 Å². The van der Waals surface area contributed by atoms with Gasteiger partial charge in [0.2, 0.25) is 5.88 Å². The molecule has 8 heteroatoms. The summed E-state index contributed by atoms with van der Waals surface area (Å²) in [7, 11) is 0. The summed E-state index contributed by atoms with van der Waals surface area (Å²) >= 11 is 0. The van der Waals surface area contributed by atoms with Crippen LogP contribution < -0.4 is 15.4 Å². The number of anilines is 2. The number of aromatic nitrogens is 4. The Morgan fingerprint density at radius 3 is 2.33 bits per heavy atom. The van der Waals surface area contributed by atoms with Gasteiger partial charge >= 0.3 is 6.03 Å². The molecule has 0 spiro atoms. The van der Waals surface area contributed by atoms with Crippen molar-refractivity contribution in [2.75, 3.05) is 10.6 Å². The van der Waals surface area contributed by atoms with Crippen molar-refractivity contribution >= 4 is 17.4 Å². The highest BCUT2D eigenvalue weighted by molar-refractivity contribution is 6.00. The Balaban J connectivity index is 1.41. The first-order chi connectivity index (χ1) is 15.8. The average molecular weight is 443 g/mol. The number of rotatable bonds is 5. The second-order valence-corrected chi connectivity index (χ2v) is 7.95. The molecule has 2 aromatic heterocycles. The van der Waals surface area contributed by atoms with E-state index in [9.17, 15) is 4.79 Å². The normalized spacial score (nSPS) is 10.7. The Morgan fingerprint density at radius 1 is 0.909 bits per heavy atom. The second-order valence-electron chi connectivity index (χ2n) is 7.95. The third kappa shape index (κ3) is 5.01. The largest absolute Gasteiger partial charge is 0.439 e. The first-order valence-corrected chi connectivity index (χ1v) is 10.6. The molecule has 33 heavy (non-hydrogen) atoms. The van der Waals surface area contributed by atoms with Gasteiger partial charge in [0, 0.05) is 23.1 Å². The smallest absolute Gasteiger partial charge is 0.323 e. The molecule has 8 nitrogen and oxygen atoms in total. The van der Waals surface area contributed by atoms with Crippen LogP contribution >= 0.6 is 0 Å². The van der Waals surface area contributed by atoms with E-state index in [2.05, 4.69) is 25.7 Å². The van der Waals surface area contributed by atoms with Gasteiger partial charge in [0.1, 0.15) is 12.1 Å². The van der Waals surface area contributed by atoms with Gasteiger partial charge in [0.25, 0.3) is 0 Å². The van der Waals surface area contributed by atoms with E-state index in [1.807, 2.05) is 52.8 Å². The first-order valence-electron chi connectivity index (χ1n) is 10.6. The lowest BCUT2D eigenvalue weighted by Crippen LogP contribution is -2.19. The van der Waals surface area contributed by atoms with Crippen LogP contribution in [-0.2, 0) is 0 Å². The fourth-order valence-electron chi connectivity index (χ4n) is 3.41. The molecule has 4 rings (SSSR count). The van der Waals surface area contributed by atoms with Crippen molar-refractivity contribution < 1.29 is 9.53 Å². The lowest BCUT2D eigenvalue weighted by atomic mass is 10.1. The second kappa shape index (κ2) is 9.12. The minimum Gasteiger partial charge on any atom is -0.439 e. The molecule has 2 amide bonds. The molecule has 0 fully saturated rings. The van der Waals surface area contributed by atoms with E-state index < -0.39 is 0 Å². The maximum Gasteiger partial charge on any atom is 0.323 e. The Hall–Kier alpha value is -4.20. The highest BCUT2D eigenvalue weighted by Gasteiger charge is 2.12. The van der Waals surface area contributed by atoms with Crippen LogP contribution in [-0.4, -0.2) is 25.8 Å². The molecule has 0 aliphatic heterocycles. The minimum atomic E-state index is -0.309. The highest BCUT2D eigenvalue weighted by atomic mass is 16.5. The van der Waals surface area contributed by atoms with Gasteiger partial charge < -0.3 is 15.4 Å². The van der Waals surface area contributed by atoms with Crippen LogP contribution in [0.2, 0.25) is 0 Å². The number of carbonyl (C=O) groups excluding carboxylic acids is 1. The number of urea groups is 1. The van der Waals surface area contributed by atoms with Gasteiger partial charge in [0.15, 0.2) is 5.82 Å². The van der Waals surface area contributed by atoms with E-state index in [-0.39, 0.29) is 6.03 Å². The first kappa shape index (κ1) is 22.0. The van der Waals surface area contributed by atoms with Crippen molar-refractivity contribution in [3.05, 3.63) is 82.9 Å². The van der Waals surface area contributed by atoms with Crippen LogP contribution in [0.15, 0.2) is 54.9 Å². The summed E-state index contributed by atoms with van der Waals surface area (Å²) in [6, 6.07) is 14.4. The van der Waals surface area contributed by atoms with Crippen LogP contribution in [0.1, 0.15) is 28.1 Å². The average Bonchev–Trinajstić information content (AvgIpc) is 3.04. The Labute approximate surface area is 192 Å². The molecule has 0 saturated heterocycles. The molecular weight excluding hydrogens is 416 g/mol. The van der Waals surface area contributed by atoms with Crippen LogP contribution in [0, 0.1) is 34.6 Å². The molecule has 2 heterocycles. The zero-order valence-corrected chi connectivity index (χ0v) is 19.3. The summed E-state index contributed by atoms with van der Waals surface area (Å²) in [6.07, 6.45) is 1.45. The number of ether oxygens (including phenoxy) is 1. The lowest BCUT2D eigenvalue weighted by molar-refractivity contribution is 0.262. The van der Waals surface area contributed by atoms with Crippen molar-refractivity contribution in [2.45, 2.75) is 34.6 Å². The zero-order valence-electron chi connectivity index (χ0n) is 19.3. The molecule has 0 unspecified atom stereocenters. The fraction of sp³-hybridized carbons (Fsp3) is 0.200. The van der Waals surface area contributed by atoms with Gasteiger partial charge in [-0.3, -0.25) is 0 Å². The van der Waals surface area contributed by atoms with E-state index >= 15 is 0 Å². The molecule has 2 N–H and O–H groups in total. The summed E-state index contributed by atoms with van der Waals surface area (Å²) in [5, 5.41) is 10.2. The van der Waals surface area contributed by atoms with E-state index in [1.54, 1.807) is 35.0 Å². The molecular formula is C25H26N6O2. The number of carbonyl (C=O) groups is 1. The number of hydrogen-bond donors (Lipinski definition) is 2. The number of aryl methyl sites for hydroxylation is 3. The fourth-order valence-corrected chi connectivity index (χ4v) is 3.41. The van der Waals surface area contributed by atoms with Gasteiger partial charge in [-0.15, -0.1) is 0 Å². The molecule has 0 aliphatic rings. The molecule has 0 radical (unpaired) electrons. The quantitative estimate of drug-likeness (QED) is 0.417. The van der Waals surface area contributed by atoms with Gasteiger partial charge in [-0.1, -0.05) is 17.7 Å². The van der Waals surface area contributed by atoms with E-state index in [4.69, 9.17) is 4.74 Å². The van der Waals surface area contributed by atoms with Crippen molar-refractivity contribution in [3.8, 4) is 17.4 Å². The monoisotopic (exact) mass is 442 g/mol. The Bertz CT molecular complexity index is 1310. The van der Waals surface area contributed by atoms with Crippen molar-refractivity contribution in [1.29, 1.82) is 0 Å². The molecule has 0 bridgehead atoms. The SMILES string of the molecule is Cc1ccc(NC(=O)Nc2ccc(Oc3cc(-n4nc(C)c(C)c4C)ncn3)cc2)c(C)c1. The summed E-state index contributed by atoms with van der Waals surface area (Å²) in [6.45, 7) is 9.98. The summed E-state index contributed by atoms with van der Waals surface area (Å²) in [5.74, 6) is 1.62. The maximum atomic E-state index is 12.3. The standard InChI is InChI=1S/C25H26N6O2/c1-15-6-11-22(16(2)12-15)29-25(32)28-20-7-9-21(10-8-20)33-24-13-23(26-14-27-24)31-19(5)17(3)18(4)30-31/h6-14H,1-5H3,(H2,28,29,32). The van der Waals surface area contributed by atoms with Gasteiger partial charge in [-0.2, -0.15) is 5.10 Å². The molecule has 0 atom stereocenters. The third-order valence-corrected chi connectivity index (χ3v) is 5.46. The zero-order chi connectivity index (χ0) is 23.5. The number of nitrogens with one attached hydrogen (secondary N) is 2. The van der Waals surface area contributed by atoms with E-state index in [0.717, 1.165) is 33.8 Å². The minimum absolute atomic E-state index is 0.309. The van der Waals surface area contributed by atoms with Gasteiger partial charge in [-0.05, 0) is 76.1 Å². The topological polar surface area (TPSA) is 94.0 Å². The third-order valence-electron chi connectivity index (χ3n) is 5.46. The lowest BCUT2D eigenvalue weighted by Gasteiger charge is -2.11. The Morgan fingerprint density at radius 2 is 1.67 bits per heavy atom. The van der Waals surface area contributed by atoms with Crippen LogP contribution in [0.25, 0.3) is 5.82 Å². The predicted octanol–water partition coefficient (Wildman–Crippen LogP) is 5.64. The van der Waals surface area contributed by atoms with Gasteiger partial charge in [-0.25, -0.2) is 19.4 Å². The van der Waals surface area contributed by atoms with Crippen molar-refractivity contribution in [3.63, 3.8) is 0 Å². The molecule has 0 aliphatic carbocycles. The summed E-state index contributed by atoms with van der Waals surface area (Å²) < 4.78 is 7.66. The summed E-state index contributed by atoms with van der Waals surface area (Å²) in [4.78, 5) is 20.9. The van der Waals surface area contributed by atoms with Crippen molar-refractivity contribution in [1.82, 2.24) is 19.7 Å². The maximum absolute atomic E-state index is 12.3. The van der Waals surface area contributed by atoms with Crippen LogP contribution in [0.3, 0.4) is 0 Å². The molecule has 4 aromatic rings. The number of nitrogens with zero attached hydrogens (tertiary/aromatic N) is 4. The number of hydrogen-bond acceptors (Lipinski definition) is 5. The molecule has 0 saturated carbocycles. The molecule has 2 aromatic carbocycles. The number of amides is 2. The summed E-state index contributed by atoms with van der Waals surface area (Å²) in [5.41, 5.74) is 6.68. The van der Waals surface area contributed by atoms with Crippen LogP contribution in [0.4, 0.5) is 16.2 Å². The van der Waals surface area contributed by atoms with Gasteiger partial charge in [0.05, 0.1) is 5.69 Å².